The summed E-state index contributed by atoms with van der Waals surface area (Å²) in [5, 5.41) is 6.10. The predicted octanol–water partition coefficient (Wildman–Crippen LogP) is 1.68. The molecule has 7 heteroatoms. The molecule has 6 nitrogen and oxygen atoms in total. The molecule has 1 rings (SSSR count). The van der Waals surface area contributed by atoms with E-state index in [-0.39, 0.29) is 18.4 Å². The van der Waals surface area contributed by atoms with Gasteiger partial charge in [0.2, 0.25) is 11.8 Å². The van der Waals surface area contributed by atoms with Crippen LogP contribution in [0, 0.1) is 0 Å². The van der Waals surface area contributed by atoms with E-state index in [2.05, 4.69) is 10.6 Å². The first-order chi connectivity index (χ1) is 11.4. The van der Waals surface area contributed by atoms with Crippen LogP contribution in [0.4, 0.5) is 0 Å². The van der Waals surface area contributed by atoms with Gasteiger partial charge in [0, 0.05) is 18.1 Å². The van der Waals surface area contributed by atoms with Crippen LogP contribution in [0.2, 0.25) is 5.02 Å². The van der Waals surface area contributed by atoms with E-state index in [1.54, 1.807) is 31.2 Å². The maximum Gasteiger partial charge on any atom is 0.242 e. The zero-order valence-electron chi connectivity index (χ0n) is 14.5. The van der Waals surface area contributed by atoms with Gasteiger partial charge in [0.05, 0.1) is 6.54 Å². The number of ether oxygens (including phenoxy) is 1. The minimum absolute atomic E-state index is 0.168. The van der Waals surface area contributed by atoms with Crippen LogP contribution in [-0.4, -0.2) is 56.0 Å². The minimum Gasteiger partial charge on any atom is -0.492 e. The minimum atomic E-state index is -0.539. The summed E-state index contributed by atoms with van der Waals surface area (Å²) in [5.74, 6) is 0.375. The summed E-state index contributed by atoms with van der Waals surface area (Å²) >= 11 is 5.81. The van der Waals surface area contributed by atoms with Gasteiger partial charge in [-0.15, -0.1) is 0 Å². The molecular formula is C17H26ClN3O3. The molecule has 0 unspecified atom stereocenters. The predicted molar refractivity (Wildman–Crippen MR) is 95.3 cm³/mol. The SMILES string of the molecule is CCCNC(=O)[C@@H](C)NC(=O)CN(C)CCOc1ccc(Cl)cc1. The third-order valence-corrected chi connectivity index (χ3v) is 3.54. The van der Waals surface area contributed by atoms with Gasteiger partial charge in [0.1, 0.15) is 18.4 Å². The Balaban J connectivity index is 2.23. The van der Waals surface area contributed by atoms with Gasteiger partial charge in [-0.2, -0.15) is 0 Å². The Morgan fingerprint density at radius 3 is 2.58 bits per heavy atom. The van der Waals surface area contributed by atoms with Crippen LogP contribution in [0.15, 0.2) is 24.3 Å². The third kappa shape index (κ3) is 8.17. The molecule has 1 atom stereocenters. The lowest BCUT2D eigenvalue weighted by Gasteiger charge is -2.19. The summed E-state index contributed by atoms with van der Waals surface area (Å²) in [7, 11) is 1.83. The standard InChI is InChI=1S/C17H26ClN3O3/c1-4-9-19-17(23)13(2)20-16(22)12-21(3)10-11-24-15-7-5-14(18)6-8-15/h5-8,13H,4,9-12H2,1-3H3,(H,19,23)(H,20,22)/t13-/m1/s1. The highest BCUT2D eigenvalue weighted by Crippen LogP contribution is 2.15. The fourth-order valence-corrected chi connectivity index (χ4v) is 2.05. The molecule has 0 aliphatic carbocycles. The molecule has 134 valence electrons. The molecular weight excluding hydrogens is 330 g/mol. The highest BCUT2D eigenvalue weighted by atomic mass is 35.5. The second-order valence-electron chi connectivity index (χ2n) is 5.62. The van der Waals surface area contributed by atoms with Crippen molar-refractivity contribution in [3.63, 3.8) is 0 Å². The van der Waals surface area contributed by atoms with Gasteiger partial charge in [0.25, 0.3) is 0 Å². The van der Waals surface area contributed by atoms with E-state index in [1.807, 2.05) is 18.9 Å². The normalized spacial score (nSPS) is 11.9. The second-order valence-corrected chi connectivity index (χ2v) is 6.06. The lowest BCUT2D eigenvalue weighted by molar-refractivity contribution is -0.129. The van der Waals surface area contributed by atoms with E-state index in [0.29, 0.717) is 24.7 Å². The quantitative estimate of drug-likeness (QED) is 0.670. The Hall–Kier alpha value is -1.79. The van der Waals surface area contributed by atoms with Gasteiger partial charge >= 0.3 is 0 Å². The largest absolute Gasteiger partial charge is 0.492 e. The fraction of sp³-hybridized carbons (Fsp3) is 0.529. The maximum atomic E-state index is 11.9. The number of nitrogens with zero attached hydrogens (tertiary/aromatic N) is 1. The van der Waals surface area contributed by atoms with Crippen molar-refractivity contribution in [3.8, 4) is 5.75 Å². The summed E-state index contributed by atoms with van der Waals surface area (Å²) in [6.45, 7) is 5.51. The van der Waals surface area contributed by atoms with Crippen LogP contribution in [0.5, 0.6) is 5.75 Å². The van der Waals surface area contributed by atoms with E-state index in [0.717, 1.165) is 12.2 Å². The van der Waals surface area contributed by atoms with E-state index in [9.17, 15) is 9.59 Å². The second kappa shape index (κ2) is 10.9. The molecule has 0 saturated heterocycles. The van der Waals surface area contributed by atoms with Crippen molar-refractivity contribution >= 4 is 23.4 Å². The zero-order chi connectivity index (χ0) is 17.9. The van der Waals surface area contributed by atoms with E-state index >= 15 is 0 Å². The van der Waals surface area contributed by atoms with Crippen LogP contribution in [0.25, 0.3) is 0 Å². The van der Waals surface area contributed by atoms with Crippen molar-refractivity contribution in [2.75, 3.05) is 33.3 Å². The van der Waals surface area contributed by atoms with Crippen molar-refractivity contribution < 1.29 is 14.3 Å². The molecule has 1 aromatic rings. The molecule has 0 fully saturated rings. The molecule has 0 heterocycles. The van der Waals surface area contributed by atoms with Crippen LogP contribution in [-0.2, 0) is 9.59 Å². The summed E-state index contributed by atoms with van der Waals surface area (Å²) in [5.41, 5.74) is 0. The van der Waals surface area contributed by atoms with Gasteiger partial charge < -0.3 is 15.4 Å². The van der Waals surface area contributed by atoms with E-state index in [4.69, 9.17) is 16.3 Å². The summed E-state index contributed by atoms with van der Waals surface area (Å²) in [6, 6.07) is 6.58. The Morgan fingerprint density at radius 1 is 1.29 bits per heavy atom. The first-order valence-electron chi connectivity index (χ1n) is 8.06. The molecule has 2 amide bonds. The van der Waals surface area contributed by atoms with Crippen LogP contribution in [0.3, 0.4) is 0 Å². The molecule has 24 heavy (non-hydrogen) atoms. The molecule has 1 aromatic carbocycles. The smallest absolute Gasteiger partial charge is 0.242 e. The van der Waals surface area contributed by atoms with Crippen LogP contribution < -0.4 is 15.4 Å². The topological polar surface area (TPSA) is 70.7 Å². The van der Waals surface area contributed by atoms with Crippen LogP contribution >= 0.6 is 11.6 Å². The number of nitrogens with one attached hydrogen (secondary N) is 2. The average Bonchev–Trinajstić information content (AvgIpc) is 2.54. The average molecular weight is 356 g/mol. The molecule has 0 bridgehead atoms. The van der Waals surface area contributed by atoms with E-state index < -0.39 is 6.04 Å². The van der Waals surface area contributed by atoms with Gasteiger partial charge in [-0.3, -0.25) is 14.5 Å². The first-order valence-corrected chi connectivity index (χ1v) is 8.44. The Kier molecular flexibility index (Phi) is 9.19. The van der Waals surface area contributed by atoms with Gasteiger partial charge in [-0.25, -0.2) is 0 Å². The maximum absolute atomic E-state index is 11.9. The van der Waals surface area contributed by atoms with Crippen molar-refractivity contribution in [2.45, 2.75) is 26.3 Å². The molecule has 0 radical (unpaired) electrons. The fourth-order valence-electron chi connectivity index (χ4n) is 1.93. The number of amides is 2. The zero-order valence-corrected chi connectivity index (χ0v) is 15.2. The van der Waals surface area contributed by atoms with Crippen LogP contribution in [0.1, 0.15) is 20.3 Å². The Morgan fingerprint density at radius 2 is 1.96 bits per heavy atom. The highest BCUT2D eigenvalue weighted by Gasteiger charge is 2.15. The number of hydrogen-bond donors (Lipinski definition) is 2. The highest BCUT2D eigenvalue weighted by molar-refractivity contribution is 6.30. The Labute approximate surface area is 148 Å². The van der Waals surface area contributed by atoms with Crippen molar-refractivity contribution in [2.24, 2.45) is 0 Å². The summed E-state index contributed by atoms with van der Waals surface area (Å²) in [6.07, 6.45) is 0.864. The number of hydrogen-bond acceptors (Lipinski definition) is 4. The van der Waals surface area contributed by atoms with E-state index in [1.165, 1.54) is 0 Å². The molecule has 0 spiro atoms. The summed E-state index contributed by atoms with van der Waals surface area (Å²) < 4.78 is 5.58. The van der Waals surface area contributed by atoms with Crippen molar-refractivity contribution in [3.05, 3.63) is 29.3 Å². The van der Waals surface area contributed by atoms with Gasteiger partial charge in [-0.1, -0.05) is 18.5 Å². The number of carbonyl (C=O) groups is 2. The lowest BCUT2D eigenvalue weighted by Crippen LogP contribution is -2.48. The third-order valence-electron chi connectivity index (χ3n) is 3.29. The number of halogens is 1. The lowest BCUT2D eigenvalue weighted by atomic mass is 10.3. The number of rotatable bonds is 10. The van der Waals surface area contributed by atoms with Gasteiger partial charge in [-0.05, 0) is 44.7 Å². The molecule has 0 aromatic heterocycles. The number of carbonyl (C=O) groups excluding carboxylic acids is 2. The molecule has 0 aliphatic heterocycles. The van der Waals surface area contributed by atoms with Crippen molar-refractivity contribution in [1.29, 1.82) is 0 Å². The Bertz CT molecular complexity index is 522. The summed E-state index contributed by atoms with van der Waals surface area (Å²) in [4.78, 5) is 25.5. The van der Waals surface area contributed by atoms with Gasteiger partial charge in [0.15, 0.2) is 0 Å². The van der Waals surface area contributed by atoms with Crippen molar-refractivity contribution in [1.82, 2.24) is 15.5 Å². The monoisotopic (exact) mass is 355 g/mol. The number of benzene rings is 1. The molecule has 0 aliphatic rings. The first kappa shape index (κ1) is 20.3. The number of likely N-dealkylation sites (N-methyl/N-ethyl adjacent to an activating group) is 1. The molecule has 0 saturated carbocycles. The molecule has 2 N–H and O–H groups in total.